The summed E-state index contributed by atoms with van der Waals surface area (Å²) in [6.45, 7) is 4.20. The Hall–Kier alpha value is -2.34. The Balaban J connectivity index is 1.86. The van der Waals surface area contributed by atoms with Crippen molar-refractivity contribution < 1.29 is 4.39 Å². The van der Waals surface area contributed by atoms with Crippen LogP contribution < -0.4 is 5.56 Å². The van der Waals surface area contributed by atoms with Crippen LogP contribution in [0, 0.1) is 11.7 Å². The van der Waals surface area contributed by atoms with Crippen molar-refractivity contribution in [2.75, 3.05) is 0 Å². The molecule has 2 aromatic heterocycles. The van der Waals surface area contributed by atoms with Gasteiger partial charge in [0.1, 0.15) is 16.5 Å². The van der Waals surface area contributed by atoms with Gasteiger partial charge in [0, 0.05) is 11.3 Å². The molecule has 0 amide bonds. The Labute approximate surface area is 161 Å². The standard InChI is InChI=1S/C21H22FN3OS/c1-13(2)11-18-24-20-19(16-5-3-4-6-17(16)27-20)21(26)25(18)23-12-14-7-9-15(22)10-8-14/h7-10,12-13H,3-6,11H2,1-2H3. The molecule has 0 N–H and O–H groups in total. The topological polar surface area (TPSA) is 47.2 Å². The first-order valence-corrected chi connectivity index (χ1v) is 10.2. The van der Waals surface area contributed by atoms with Crippen molar-refractivity contribution in [3.05, 3.63) is 62.3 Å². The smallest absolute Gasteiger partial charge is 0.267 e. The van der Waals surface area contributed by atoms with E-state index in [9.17, 15) is 9.18 Å². The van der Waals surface area contributed by atoms with Gasteiger partial charge in [0.2, 0.25) is 0 Å². The van der Waals surface area contributed by atoms with Crippen LogP contribution in [0.4, 0.5) is 4.39 Å². The lowest BCUT2D eigenvalue weighted by Crippen LogP contribution is -2.23. The van der Waals surface area contributed by atoms with Gasteiger partial charge in [0.05, 0.1) is 11.6 Å². The van der Waals surface area contributed by atoms with Gasteiger partial charge in [-0.25, -0.2) is 9.37 Å². The second-order valence-electron chi connectivity index (χ2n) is 7.43. The summed E-state index contributed by atoms with van der Waals surface area (Å²) in [5.41, 5.74) is 1.82. The molecule has 1 aliphatic carbocycles. The number of aromatic nitrogens is 2. The number of aryl methyl sites for hydroxylation is 2. The first kappa shape index (κ1) is 18.0. The summed E-state index contributed by atoms with van der Waals surface area (Å²) in [5.74, 6) is 0.744. The second kappa shape index (κ2) is 7.35. The number of hydrogen-bond acceptors (Lipinski definition) is 4. The molecule has 6 heteroatoms. The van der Waals surface area contributed by atoms with E-state index in [2.05, 4.69) is 18.9 Å². The average Bonchev–Trinajstić information content (AvgIpc) is 3.00. The van der Waals surface area contributed by atoms with E-state index in [-0.39, 0.29) is 11.4 Å². The highest BCUT2D eigenvalue weighted by molar-refractivity contribution is 7.18. The van der Waals surface area contributed by atoms with E-state index in [0.717, 1.165) is 35.0 Å². The fraction of sp³-hybridized carbons (Fsp3) is 0.381. The number of nitrogens with zero attached hydrogens (tertiary/aromatic N) is 3. The Bertz CT molecular complexity index is 1060. The Kier molecular flexibility index (Phi) is 4.91. The van der Waals surface area contributed by atoms with Crippen LogP contribution in [0.1, 0.15) is 48.5 Å². The molecule has 0 radical (unpaired) electrons. The van der Waals surface area contributed by atoms with Crippen molar-refractivity contribution in [2.45, 2.75) is 46.0 Å². The van der Waals surface area contributed by atoms with Gasteiger partial charge in [-0.05, 0) is 54.9 Å². The van der Waals surface area contributed by atoms with Crippen molar-refractivity contribution >= 4 is 27.8 Å². The second-order valence-corrected chi connectivity index (χ2v) is 8.51. The van der Waals surface area contributed by atoms with Crippen LogP contribution in [0.25, 0.3) is 10.2 Å². The third kappa shape index (κ3) is 3.58. The third-order valence-corrected chi connectivity index (χ3v) is 6.00. The van der Waals surface area contributed by atoms with Crippen LogP contribution in [-0.4, -0.2) is 15.9 Å². The molecule has 0 bridgehead atoms. The molecule has 4 nitrogen and oxygen atoms in total. The summed E-state index contributed by atoms with van der Waals surface area (Å²) in [4.78, 5) is 20.3. The quantitative estimate of drug-likeness (QED) is 0.620. The fourth-order valence-electron chi connectivity index (χ4n) is 3.53. The van der Waals surface area contributed by atoms with Crippen molar-refractivity contribution in [2.24, 2.45) is 11.0 Å². The highest BCUT2D eigenvalue weighted by Gasteiger charge is 2.22. The number of benzene rings is 1. The van der Waals surface area contributed by atoms with E-state index < -0.39 is 0 Å². The molecule has 3 aromatic rings. The molecule has 1 aliphatic rings. The van der Waals surface area contributed by atoms with Gasteiger partial charge in [-0.3, -0.25) is 4.79 Å². The van der Waals surface area contributed by atoms with Gasteiger partial charge < -0.3 is 0 Å². The first-order valence-electron chi connectivity index (χ1n) is 9.39. The van der Waals surface area contributed by atoms with Crippen LogP contribution in [0.2, 0.25) is 0 Å². The van der Waals surface area contributed by atoms with Crippen LogP contribution in [0.15, 0.2) is 34.2 Å². The molecule has 140 valence electrons. The van der Waals surface area contributed by atoms with Crippen molar-refractivity contribution in [1.29, 1.82) is 0 Å². The molecule has 0 spiro atoms. The van der Waals surface area contributed by atoms with E-state index in [0.29, 0.717) is 18.2 Å². The Morgan fingerprint density at radius 2 is 2.00 bits per heavy atom. The molecule has 0 fully saturated rings. The minimum atomic E-state index is -0.294. The van der Waals surface area contributed by atoms with Crippen LogP contribution in [-0.2, 0) is 19.3 Å². The van der Waals surface area contributed by atoms with Crippen LogP contribution in [0.3, 0.4) is 0 Å². The van der Waals surface area contributed by atoms with E-state index >= 15 is 0 Å². The minimum absolute atomic E-state index is 0.0894. The van der Waals surface area contributed by atoms with Gasteiger partial charge in [-0.2, -0.15) is 9.78 Å². The summed E-state index contributed by atoms with van der Waals surface area (Å²) in [7, 11) is 0. The zero-order valence-corrected chi connectivity index (χ0v) is 16.4. The van der Waals surface area contributed by atoms with Crippen LogP contribution in [0.5, 0.6) is 0 Å². The molecule has 4 rings (SSSR count). The lowest BCUT2D eigenvalue weighted by Gasteiger charge is -2.11. The van der Waals surface area contributed by atoms with Gasteiger partial charge in [0.25, 0.3) is 5.56 Å². The average molecular weight is 383 g/mol. The Morgan fingerprint density at radius 3 is 2.74 bits per heavy atom. The molecular weight excluding hydrogens is 361 g/mol. The molecular formula is C21H22FN3OS. The van der Waals surface area contributed by atoms with Crippen molar-refractivity contribution in [3.8, 4) is 0 Å². The highest BCUT2D eigenvalue weighted by Crippen LogP contribution is 2.33. The van der Waals surface area contributed by atoms with Gasteiger partial charge in [-0.15, -0.1) is 11.3 Å². The lowest BCUT2D eigenvalue weighted by atomic mass is 9.97. The van der Waals surface area contributed by atoms with Gasteiger partial charge in [-0.1, -0.05) is 26.0 Å². The predicted octanol–water partition coefficient (Wildman–Crippen LogP) is 4.56. The summed E-state index contributed by atoms with van der Waals surface area (Å²) >= 11 is 1.66. The Morgan fingerprint density at radius 1 is 1.26 bits per heavy atom. The number of fused-ring (bicyclic) bond motifs is 3. The molecule has 0 unspecified atom stereocenters. The molecule has 0 saturated carbocycles. The van der Waals surface area contributed by atoms with E-state index in [1.165, 1.54) is 33.7 Å². The SMILES string of the molecule is CC(C)Cc1nc2sc3c(c2c(=O)n1N=Cc1ccc(F)cc1)CCCC3. The van der Waals surface area contributed by atoms with Crippen molar-refractivity contribution in [1.82, 2.24) is 9.66 Å². The molecule has 0 saturated heterocycles. The number of halogens is 1. The molecule has 2 heterocycles. The first-order chi connectivity index (χ1) is 13.0. The predicted molar refractivity (Wildman–Crippen MR) is 108 cm³/mol. The maximum atomic E-state index is 13.3. The minimum Gasteiger partial charge on any atom is -0.267 e. The molecule has 0 aliphatic heterocycles. The maximum absolute atomic E-state index is 13.3. The summed E-state index contributed by atoms with van der Waals surface area (Å²) in [6.07, 6.45) is 6.54. The van der Waals surface area contributed by atoms with E-state index in [1.54, 1.807) is 29.7 Å². The zero-order valence-electron chi connectivity index (χ0n) is 15.5. The largest absolute Gasteiger partial charge is 0.283 e. The van der Waals surface area contributed by atoms with Gasteiger partial charge >= 0.3 is 0 Å². The summed E-state index contributed by atoms with van der Waals surface area (Å²) in [5, 5.41) is 5.17. The molecule has 1 aromatic carbocycles. The van der Waals surface area contributed by atoms with E-state index in [4.69, 9.17) is 4.98 Å². The molecule has 0 atom stereocenters. The normalized spacial score (nSPS) is 14.4. The van der Waals surface area contributed by atoms with E-state index in [1.807, 2.05) is 0 Å². The van der Waals surface area contributed by atoms with Crippen LogP contribution >= 0.6 is 11.3 Å². The van der Waals surface area contributed by atoms with Crippen molar-refractivity contribution in [3.63, 3.8) is 0 Å². The summed E-state index contributed by atoms with van der Waals surface area (Å²) < 4.78 is 14.6. The zero-order chi connectivity index (χ0) is 19.0. The highest BCUT2D eigenvalue weighted by atomic mass is 32.1. The molecule has 27 heavy (non-hydrogen) atoms. The summed E-state index contributed by atoms with van der Waals surface area (Å²) in [6, 6.07) is 6.06. The lowest BCUT2D eigenvalue weighted by molar-refractivity contribution is 0.586. The third-order valence-electron chi connectivity index (χ3n) is 4.82. The fourth-order valence-corrected chi connectivity index (χ4v) is 4.80. The maximum Gasteiger partial charge on any atom is 0.283 e. The van der Waals surface area contributed by atoms with Gasteiger partial charge in [0.15, 0.2) is 0 Å². The monoisotopic (exact) mass is 383 g/mol. The number of rotatable bonds is 4. The number of hydrogen-bond donors (Lipinski definition) is 0. The number of thiophene rings is 1.